The van der Waals surface area contributed by atoms with Crippen LogP contribution >= 0.6 is 0 Å². The van der Waals surface area contributed by atoms with E-state index in [0.717, 1.165) is 18.7 Å². The molecule has 1 aliphatic heterocycles. The molecular formula is C22H27N3O4. The Morgan fingerprint density at radius 1 is 1.10 bits per heavy atom. The number of amides is 2. The van der Waals surface area contributed by atoms with Crippen LogP contribution in [0.4, 0.5) is 0 Å². The van der Waals surface area contributed by atoms with Crippen molar-refractivity contribution in [2.24, 2.45) is 0 Å². The fraction of sp³-hybridized carbons (Fsp3) is 0.364. The molecule has 0 bridgehead atoms. The minimum Gasteiger partial charge on any atom is -0.508 e. The topological polar surface area (TPSA) is 90.9 Å². The second-order valence-electron chi connectivity index (χ2n) is 7.11. The van der Waals surface area contributed by atoms with Crippen molar-refractivity contribution in [1.29, 1.82) is 0 Å². The van der Waals surface area contributed by atoms with Crippen molar-refractivity contribution in [3.8, 4) is 5.75 Å². The van der Waals surface area contributed by atoms with Gasteiger partial charge >= 0.3 is 0 Å². The monoisotopic (exact) mass is 397 g/mol. The lowest BCUT2D eigenvalue weighted by Gasteiger charge is -2.35. The highest BCUT2D eigenvalue weighted by Crippen LogP contribution is 2.22. The number of nitrogens with one attached hydrogen (secondary N) is 2. The van der Waals surface area contributed by atoms with Crippen LogP contribution in [-0.4, -0.2) is 61.2 Å². The number of phenols is 1. The summed E-state index contributed by atoms with van der Waals surface area (Å²) in [6.07, 6.45) is 0. The number of carbonyl (C=O) groups excluding carboxylic acids is 2. The van der Waals surface area contributed by atoms with E-state index in [1.165, 1.54) is 29.8 Å². The minimum atomic E-state index is -0.358. The third-order valence-electron chi connectivity index (χ3n) is 4.94. The second kappa shape index (κ2) is 10.0. The molecule has 2 amide bonds. The smallest absolute Gasteiger partial charge is 0.251 e. The van der Waals surface area contributed by atoms with Crippen LogP contribution in [0.2, 0.25) is 0 Å². The van der Waals surface area contributed by atoms with Crippen molar-refractivity contribution < 1.29 is 19.4 Å². The first-order chi connectivity index (χ1) is 14.0. The maximum Gasteiger partial charge on any atom is 0.251 e. The molecule has 1 atom stereocenters. The fourth-order valence-electron chi connectivity index (χ4n) is 3.37. The van der Waals surface area contributed by atoms with E-state index in [-0.39, 0.29) is 30.2 Å². The van der Waals surface area contributed by atoms with Crippen LogP contribution in [-0.2, 0) is 9.53 Å². The molecule has 1 heterocycles. The summed E-state index contributed by atoms with van der Waals surface area (Å²) < 4.78 is 5.46. The molecule has 3 N–H and O–H groups in total. The Morgan fingerprint density at radius 2 is 1.83 bits per heavy atom. The van der Waals surface area contributed by atoms with E-state index in [1.54, 1.807) is 0 Å². The molecule has 1 aliphatic rings. The van der Waals surface area contributed by atoms with Crippen LogP contribution in [0.3, 0.4) is 0 Å². The molecule has 7 heteroatoms. The van der Waals surface area contributed by atoms with Gasteiger partial charge < -0.3 is 20.5 Å². The van der Waals surface area contributed by atoms with Gasteiger partial charge in [0, 0.05) is 25.2 Å². The molecular weight excluding hydrogens is 370 g/mol. The normalized spacial score (nSPS) is 15.5. The highest BCUT2D eigenvalue weighted by atomic mass is 16.5. The molecule has 1 saturated heterocycles. The number of phenolic OH excluding ortho intramolecular Hbond substituents is 1. The standard InChI is InChI=1S/C22H27N3O4/c1-16-3-2-4-18(13-16)20(25-9-11-29-12-10-25)14-23-21(27)15-24-22(28)17-5-7-19(26)8-6-17/h2-8,13,20,26H,9-12,14-15H2,1H3,(H,23,27)(H,24,28)/t20-/m1/s1. The zero-order valence-electron chi connectivity index (χ0n) is 16.6. The van der Waals surface area contributed by atoms with E-state index in [4.69, 9.17) is 4.74 Å². The molecule has 3 rings (SSSR count). The van der Waals surface area contributed by atoms with Crippen LogP contribution in [0, 0.1) is 6.92 Å². The fourth-order valence-corrected chi connectivity index (χ4v) is 3.37. The van der Waals surface area contributed by atoms with Gasteiger partial charge in [-0.15, -0.1) is 0 Å². The number of hydrogen-bond donors (Lipinski definition) is 3. The van der Waals surface area contributed by atoms with Gasteiger partial charge in [0.25, 0.3) is 5.91 Å². The molecule has 0 radical (unpaired) electrons. The molecule has 0 aromatic heterocycles. The molecule has 29 heavy (non-hydrogen) atoms. The van der Waals surface area contributed by atoms with Crippen molar-refractivity contribution in [1.82, 2.24) is 15.5 Å². The predicted octanol–water partition coefficient (Wildman–Crippen LogP) is 1.62. The Hall–Kier alpha value is -2.90. The largest absolute Gasteiger partial charge is 0.508 e. The van der Waals surface area contributed by atoms with Crippen LogP contribution in [0.5, 0.6) is 5.75 Å². The van der Waals surface area contributed by atoms with E-state index < -0.39 is 0 Å². The van der Waals surface area contributed by atoms with Crippen LogP contribution < -0.4 is 10.6 Å². The van der Waals surface area contributed by atoms with E-state index in [2.05, 4.69) is 40.7 Å². The van der Waals surface area contributed by atoms with Crippen LogP contribution in [0.25, 0.3) is 0 Å². The van der Waals surface area contributed by atoms with Crippen molar-refractivity contribution in [2.45, 2.75) is 13.0 Å². The summed E-state index contributed by atoms with van der Waals surface area (Å²) in [6, 6.07) is 14.2. The van der Waals surface area contributed by atoms with Crippen molar-refractivity contribution >= 4 is 11.8 Å². The number of morpholine rings is 1. The van der Waals surface area contributed by atoms with E-state index >= 15 is 0 Å². The van der Waals surface area contributed by atoms with Gasteiger partial charge in [0.1, 0.15) is 5.75 Å². The van der Waals surface area contributed by atoms with Gasteiger partial charge in [-0.05, 0) is 36.8 Å². The maximum absolute atomic E-state index is 12.3. The van der Waals surface area contributed by atoms with Gasteiger partial charge in [-0.1, -0.05) is 29.8 Å². The highest BCUT2D eigenvalue weighted by molar-refractivity contribution is 5.96. The summed E-state index contributed by atoms with van der Waals surface area (Å²) in [7, 11) is 0. The van der Waals surface area contributed by atoms with Crippen molar-refractivity contribution in [2.75, 3.05) is 39.4 Å². The molecule has 0 spiro atoms. The van der Waals surface area contributed by atoms with Gasteiger partial charge in [-0.2, -0.15) is 0 Å². The number of aryl methyl sites for hydroxylation is 1. The molecule has 7 nitrogen and oxygen atoms in total. The zero-order valence-corrected chi connectivity index (χ0v) is 16.6. The van der Waals surface area contributed by atoms with Gasteiger partial charge in [0.2, 0.25) is 5.91 Å². The van der Waals surface area contributed by atoms with Crippen LogP contribution in [0.1, 0.15) is 27.5 Å². The summed E-state index contributed by atoms with van der Waals surface area (Å²) in [4.78, 5) is 26.7. The maximum atomic E-state index is 12.3. The van der Waals surface area contributed by atoms with E-state index in [9.17, 15) is 14.7 Å². The Kier molecular flexibility index (Phi) is 7.21. The number of hydrogen-bond acceptors (Lipinski definition) is 5. The number of rotatable bonds is 7. The highest BCUT2D eigenvalue weighted by Gasteiger charge is 2.23. The first-order valence-electron chi connectivity index (χ1n) is 9.75. The lowest BCUT2D eigenvalue weighted by Crippen LogP contribution is -2.45. The molecule has 1 fully saturated rings. The summed E-state index contributed by atoms with van der Waals surface area (Å²) in [5, 5.41) is 14.8. The Balaban J connectivity index is 1.56. The predicted molar refractivity (Wildman–Crippen MR) is 110 cm³/mol. The average Bonchev–Trinajstić information content (AvgIpc) is 2.73. The number of nitrogens with zero attached hydrogens (tertiary/aromatic N) is 1. The zero-order chi connectivity index (χ0) is 20.6. The number of aromatic hydroxyl groups is 1. The first kappa shape index (κ1) is 20.8. The van der Waals surface area contributed by atoms with Crippen molar-refractivity contribution in [3.63, 3.8) is 0 Å². The summed E-state index contributed by atoms with van der Waals surface area (Å²) >= 11 is 0. The molecule has 0 unspecified atom stereocenters. The summed E-state index contributed by atoms with van der Waals surface area (Å²) in [5.41, 5.74) is 2.72. The van der Waals surface area contributed by atoms with Gasteiger partial charge in [0.05, 0.1) is 25.8 Å². The first-order valence-corrected chi connectivity index (χ1v) is 9.75. The Labute approximate surface area is 170 Å². The summed E-state index contributed by atoms with van der Waals surface area (Å²) in [5.74, 6) is -0.517. The number of benzene rings is 2. The second-order valence-corrected chi connectivity index (χ2v) is 7.11. The SMILES string of the molecule is Cc1cccc([C@@H](CNC(=O)CNC(=O)c2ccc(O)cc2)N2CCOCC2)c1. The quantitative estimate of drug-likeness (QED) is 0.661. The summed E-state index contributed by atoms with van der Waals surface area (Å²) in [6.45, 7) is 5.38. The lowest BCUT2D eigenvalue weighted by atomic mass is 10.0. The minimum absolute atomic E-state index is 0.0514. The van der Waals surface area contributed by atoms with E-state index in [0.29, 0.717) is 25.3 Å². The van der Waals surface area contributed by atoms with Gasteiger partial charge in [-0.3, -0.25) is 14.5 Å². The Bertz CT molecular complexity index is 832. The third-order valence-corrected chi connectivity index (χ3v) is 4.94. The lowest BCUT2D eigenvalue weighted by molar-refractivity contribution is -0.120. The van der Waals surface area contributed by atoms with Crippen LogP contribution in [0.15, 0.2) is 48.5 Å². The van der Waals surface area contributed by atoms with E-state index in [1.807, 2.05) is 6.07 Å². The van der Waals surface area contributed by atoms with Crippen molar-refractivity contribution in [3.05, 3.63) is 65.2 Å². The molecule has 0 aliphatic carbocycles. The van der Waals surface area contributed by atoms with Gasteiger partial charge in [0.15, 0.2) is 0 Å². The molecule has 0 saturated carbocycles. The number of carbonyl (C=O) groups is 2. The Morgan fingerprint density at radius 3 is 2.52 bits per heavy atom. The molecule has 2 aromatic carbocycles. The molecule has 154 valence electrons. The molecule has 2 aromatic rings. The van der Waals surface area contributed by atoms with Gasteiger partial charge in [-0.25, -0.2) is 0 Å². The number of ether oxygens (including phenoxy) is 1. The third kappa shape index (κ3) is 6.04. The average molecular weight is 397 g/mol.